The van der Waals surface area contributed by atoms with E-state index in [1.54, 1.807) is 6.20 Å². The lowest BCUT2D eigenvalue weighted by molar-refractivity contribution is 0.102. The molecule has 19 heavy (non-hydrogen) atoms. The minimum atomic E-state index is -0.191. The smallest absolute Gasteiger partial charge is 0.277 e. The molecule has 0 fully saturated rings. The normalized spacial score (nSPS) is 13.9. The largest absolute Gasteiger partial charge is 0.305 e. The Bertz CT molecular complexity index is 594. The number of anilines is 1. The minimum absolute atomic E-state index is 0.191. The third-order valence-corrected chi connectivity index (χ3v) is 3.39. The van der Waals surface area contributed by atoms with E-state index in [1.807, 2.05) is 29.8 Å². The van der Waals surface area contributed by atoms with Crippen molar-refractivity contribution < 1.29 is 4.79 Å². The molecule has 1 N–H and O–H groups in total. The zero-order chi connectivity index (χ0) is 13.2. The van der Waals surface area contributed by atoms with Crippen LogP contribution in [0, 0.1) is 6.92 Å². The number of carbonyl (C=O) groups excluding carboxylic acids is 1. The third-order valence-electron chi connectivity index (χ3n) is 3.39. The molecule has 0 saturated carbocycles. The van der Waals surface area contributed by atoms with Crippen LogP contribution in [0.3, 0.4) is 0 Å². The summed E-state index contributed by atoms with van der Waals surface area (Å²) in [6.45, 7) is 2.83. The average Bonchev–Trinajstić information content (AvgIpc) is 2.85. The van der Waals surface area contributed by atoms with Gasteiger partial charge in [-0.05, 0) is 43.9 Å². The molecule has 1 amide bonds. The topological polar surface area (TPSA) is 59.8 Å². The van der Waals surface area contributed by atoms with E-state index in [1.165, 1.54) is 6.42 Å². The first-order valence-electron chi connectivity index (χ1n) is 6.54. The summed E-state index contributed by atoms with van der Waals surface area (Å²) in [7, 11) is 0. The van der Waals surface area contributed by atoms with Crippen molar-refractivity contribution >= 4 is 11.7 Å². The number of pyridine rings is 1. The van der Waals surface area contributed by atoms with Crippen LogP contribution in [-0.2, 0) is 13.0 Å². The van der Waals surface area contributed by atoms with E-state index in [0.717, 1.165) is 30.6 Å². The van der Waals surface area contributed by atoms with Crippen molar-refractivity contribution in [3.63, 3.8) is 0 Å². The van der Waals surface area contributed by atoms with Gasteiger partial charge in [-0.25, -0.2) is 4.98 Å². The molecule has 2 aromatic heterocycles. The maximum Gasteiger partial charge on any atom is 0.277 e. The third kappa shape index (κ3) is 2.36. The Morgan fingerprint density at radius 2 is 2.32 bits per heavy atom. The Labute approximate surface area is 111 Å². The highest BCUT2D eigenvalue weighted by Crippen LogP contribution is 2.16. The lowest BCUT2D eigenvalue weighted by Gasteiger charge is -2.11. The average molecular weight is 256 g/mol. The molecular formula is C14H16N4O. The lowest BCUT2D eigenvalue weighted by Crippen LogP contribution is -2.15. The number of nitrogens with zero attached hydrogens (tertiary/aromatic N) is 3. The zero-order valence-corrected chi connectivity index (χ0v) is 10.9. The summed E-state index contributed by atoms with van der Waals surface area (Å²) in [6.07, 6.45) is 4.98. The number of hydrogen-bond donors (Lipinski definition) is 1. The van der Waals surface area contributed by atoms with Crippen molar-refractivity contribution in [1.82, 2.24) is 14.8 Å². The highest BCUT2D eigenvalue weighted by molar-refractivity contribution is 6.02. The first-order valence-corrected chi connectivity index (χ1v) is 6.54. The summed E-state index contributed by atoms with van der Waals surface area (Å²) in [5.41, 5.74) is 2.57. The lowest BCUT2D eigenvalue weighted by atomic mass is 10.1. The maximum atomic E-state index is 12.2. The molecule has 0 radical (unpaired) electrons. The summed E-state index contributed by atoms with van der Waals surface area (Å²) in [6, 6.07) is 5.65. The van der Waals surface area contributed by atoms with Gasteiger partial charge < -0.3 is 5.32 Å². The van der Waals surface area contributed by atoms with Crippen LogP contribution in [-0.4, -0.2) is 20.7 Å². The molecule has 0 aliphatic carbocycles. The van der Waals surface area contributed by atoms with Gasteiger partial charge in [0.2, 0.25) is 0 Å². The fraction of sp³-hybridized carbons (Fsp3) is 0.357. The van der Waals surface area contributed by atoms with Crippen LogP contribution in [0.2, 0.25) is 0 Å². The van der Waals surface area contributed by atoms with Gasteiger partial charge in [-0.3, -0.25) is 9.48 Å². The molecule has 2 aromatic rings. The number of rotatable bonds is 2. The molecule has 0 saturated heterocycles. The molecule has 0 atom stereocenters. The zero-order valence-electron chi connectivity index (χ0n) is 10.9. The highest BCUT2D eigenvalue weighted by Gasteiger charge is 2.17. The van der Waals surface area contributed by atoms with Gasteiger partial charge >= 0.3 is 0 Å². The first kappa shape index (κ1) is 11.9. The van der Waals surface area contributed by atoms with Crippen LogP contribution in [0.15, 0.2) is 24.4 Å². The van der Waals surface area contributed by atoms with E-state index in [4.69, 9.17) is 0 Å². The predicted octanol–water partition coefficient (Wildman–Crippen LogP) is 2.18. The molecule has 0 spiro atoms. The molecule has 0 unspecified atom stereocenters. The van der Waals surface area contributed by atoms with Crippen LogP contribution < -0.4 is 5.32 Å². The molecule has 98 valence electrons. The van der Waals surface area contributed by atoms with Crippen molar-refractivity contribution in [3.8, 4) is 0 Å². The van der Waals surface area contributed by atoms with Crippen LogP contribution in [0.1, 0.15) is 34.6 Å². The van der Waals surface area contributed by atoms with Gasteiger partial charge in [-0.1, -0.05) is 6.07 Å². The summed E-state index contributed by atoms with van der Waals surface area (Å²) >= 11 is 0. The van der Waals surface area contributed by atoms with E-state index < -0.39 is 0 Å². The number of amides is 1. The summed E-state index contributed by atoms with van der Waals surface area (Å²) in [5, 5.41) is 7.16. The SMILES string of the molecule is Cc1cccnc1NC(=O)c1cc2n(n1)CCCC2. The van der Waals surface area contributed by atoms with Gasteiger partial charge in [0.05, 0.1) is 0 Å². The molecule has 3 rings (SSSR count). The van der Waals surface area contributed by atoms with Gasteiger partial charge in [0.25, 0.3) is 5.91 Å². The van der Waals surface area contributed by atoms with Crippen molar-refractivity contribution in [2.24, 2.45) is 0 Å². The number of aryl methyl sites for hydroxylation is 3. The Kier molecular flexibility index (Phi) is 3.03. The second-order valence-electron chi connectivity index (χ2n) is 4.82. The Hall–Kier alpha value is -2.17. The highest BCUT2D eigenvalue weighted by atomic mass is 16.2. The quantitative estimate of drug-likeness (QED) is 0.895. The molecule has 0 aromatic carbocycles. The van der Waals surface area contributed by atoms with Gasteiger partial charge in [-0.15, -0.1) is 0 Å². The van der Waals surface area contributed by atoms with E-state index in [9.17, 15) is 4.79 Å². The second-order valence-corrected chi connectivity index (χ2v) is 4.82. The summed E-state index contributed by atoms with van der Waals surface area (Å²) < 4.78 is 1.93. The van der Waals surface area contributed by atoms with Crippen molar-refractivity contribution in [2.45, 2.75) is 32.7 Å². The van der Waals surface area contributed by atoms with Crippen LogP contribution in [0.5, 0.6) is 0 Å². The summed E-state index contributed by atoms with van der Waals surface area (Å²) in [4.78, 5) is 16.3. The molecule has 0 bridgehead atoms. The molecule has 3 heterocycles. The minimum Gasteiger partial charge on any atom is -0.305 e. The Morgan fingerprint density at radius 1 is 1.42 bits per heavy atom. The number of carbonyl (C=O) groups is 1. The van der Waals surface area contributed by atoms with E-state index >= 15 is 0 Å². The van der Waals surface area contributed by atoms with Crippen LogP contribution in [0.4, 0.5) is 5.82 Å². The van der Waals surface area contributed by atoms with E-state index in [2.05, 4.69) is 15.4 Å². The Morgan fingerprint density at radius 3 is 3.11 bits per heavy atom. The van der Waals surface area contributed by atoms with Gasteiger partial charge in [0, 0.05) is 18.4 Å². The summed E-state index contributed by atoms with van der Waals surface area (Å²) in [5.74, 6) is 0.405. The van der Waals surface area contributed by atoms with Gasteiger partial charge in [0.1, 0.15) is 5.82 Å². The molecular weight excluding hydrogens is 240 g/mol. The van der Waals surface area contributed by atoms with Gasteiger partial charge in [-0.2, -0.15) is 5.10 Å². The van der Waals surface area contributed by atoms with E-state index in [0.29, 0.717) is 11.5 Å². The Balaban J connectivity index is 1.81. The van der Waals surface area contributed by atoms with Crippen molar-refractivity contribution in [1.29, 1.82) is 0 Å². The predicted molar refractivity (Wildman–Crippen MR) is 72.1 cm³/mol. The number of aromatic nitrogens is 3. The fourth-order valence-electron chi connectivity index (χ4n) is 2.32. The standard InChI is InChI=1S/C14H16N4O/c1-10-5-4-7-15-13(10)16-14(19)12-9-11-6-2-3-8-18(11)17-12/h4-5,7,9H,2-3,6,8H2,1H3,(H,15,16,19). The van der Waals surface area contributed by atoms with Gasteiger partial charge in [0.15, 0.2) is 5.69 Å². The molecule has 5 nitrogen and oxygen atoms in total. The first-order chi connectivity index (χ1) is 9.24. The van der Waals surface area contributed by atoms with E-state index in [-0.39, 0.29) is 5.91 Å². The van der Waals surface area contributed by atoms with Crippen LogP contribution in [0.25, 0.3) is 0 Å². The fourth-order valence-corrected chi connectivity index (χ4v) is 2.32. The van der Waals surface area contributed by atoms with Crippen molar-refractivity contribution in [2.75, 3.05) is 5.32 Å². The van der Waals surface area contributed by atoms with Crippen LogP contribution >= 0.6 is 0 Å². The second kappa shape index (κ2) is 4.84. The monoisotopic (exact) mass is 256 g/mol. The molecule has 1 aliphatic heterocycles. The maximum absolute atomic E-state index is 12.2. The number of fused-ring (bicyclic) bond motifs is 1. The number of hydrogen-bond acceptors (Lipinski definition) is 3. The molecule has 5 heteroatoms. The number of nitrogens with one attached hydrogen (secondary N) is 1. The molecule has 1 aliphatic rings. The van der Waals surface area contributed by atoms with Crippen molar-refractivity contribution in [3.05, 3.63) is 41.3 Å².